The SMILES string of the molecule is CCCNC(=O)C(Cc1ccccc1)N(Cc1cccc(C)c1)C(=O)CN(c1cccc(Cl)c1)S(C)(=O)=O. The van der Waals surface area contributed by atoms with Gasteiger partial charge in [-0.3, -0.25) is 13.9 Å². The van der Waals surface area contributed by atoms with Crippen LogP contribution >= 0.6 is 11.6 Å². The van der Waals surface area contributed by atoms with Gasteiger partial charge in [-0.15, -0.1) is 0 Å². The fraction of sp³-hybridized carbons (Fsp3) is 0.310. The Morgan fingerprint density at radius 3 is 2.26 bits per heavy atom. The Kier molecular flexibility index (Phi) is 10.3. The Labute approximate surface area is 230 Å². The van der Waals surface area contributed by atoms with E-state index in [4.69, 9.17) is 11.6 Å². The number of rotatable bonds is 12. The summed E-state index contributed by atoms with van der Waals surface area (Å²) in [5.74, 6) is -0.783. The Morgan fingerprint density at radius 2 is 1.63 bits per heavy atom. The molecule has 0 spiro atoms. The molecule has 0 bridgehead atoms. The van der Waals surface area contributed by atoms with Gasteiger partial charge in [0.25, 0.3) is 0 Å². The lowest BCUT2D eigenvalue weighted by Crippen LogP contribution is -2.53. The molecule has 0 aliphatic rings. The smallest absolute Gasteiger partial charge is 0.244 e. The van der Waals surface area contributed by atoms with E-state index in [1.807, 2.05) is 68.4 Å². The van der Waals surface area contributed by atoms with Crippen LogP contribution in [0.2, 0.25) is 5.02 Å². The summed E-state index contributed by atoms with van der Waals surface area (Å²) in [6.45, 7) is 4.04. The third-order valence-corrected chi connectivity index (χ3v) is 7.41. The molecule has 0 saturated heterocycles. The first kappa shape index (κ1) is 29.2. The van der Waals surface area contributed by atoms with Gasteiger partial charge in [-0.25, -0.2) is 8.42 Å². The van der Waals surface area contributed by atoms with E-state index in [-0.39, 0.29) is 24.6 Å². The van der Waals surface area contributed by atoms with E-state index in [0.29, 0.717) is 11.6 Å². The average molecular weight is 556 g/mol. The number of carbonyl (C=O) groups is 2. The van der Waals surface area contributed by atoms with Crippen LogP contribution in [0.1, 0.15) is 30.0 Å². The summed E-state index contributed by atoms with van der Waals surface area (Å²) < 4.78 is 26.6. The van der Waals surface area contributed by atoms with Crippen molar-refractivity contribution in [2.75, 3.05) is 23.7 Å². The van der Waals surface area contributed by atoms with Crippen molar-refractivity contribution in [2.24, 2.45) is 0 Å². The van der Waals surface area contributed by atoms with Gasteiger partial charge in [0, 0.05) is 24.5 Å². The number of benzene rings is 3. The highest BCUT2D eigenvalue weighted by Gasteiger charge is 2.33. The van der Waals surface area contributed by atoms with Crippen LogP contribution in [0.3, 0.4) is 0 Å². The van der Waals surface area contributed by atoms with Crippen LogP contribution in [0, 0.1) is 6.92 Å². The summed E-state index contributed by atoms with van der Waals surface area (Å²) in [5, 5.41) is 3.27. The Bertz CT molecular complexity index is 1350. The summed E-state index contributed by atoms with van der Waals surface area (Å²) in [4.78, 5) is 28.9. The van der Waals surface area contributed by atoms with Crippen LogP contribution < -0.4 is 9.62 Å². The first-order valence-electron chi connectivity index (χ1n) is 12.5. The van der Waals surface area contributed by atoms with Gasteiger partial charge in [-0.2, -0.15) is 0 Å². The van der Waals surface area contributed by atoms with E-state index in [2.05, 4.69) is 5.32 Å². The first-order chi connectivity index (χ1) is 18.1. The molecule has 3 rings (SSSR count). The first-order valence-corrected chi connectivity index (χ1v) is 14.7. The predicted octanol–water partition coefficient (Wildman–Crippen LogP) is 4.58. The number of halogens is 1. The Balaban J connectivity index is 2.04. The highest BCUT2D eigenvalue weighted by molar-refractivity contribution is 7.92. The molecule has 9 heteroatoms. The summed E-state index contributed by atoms with van der Waals surface area (Å²) in [7, 11) is -3.84. The van der Waals surface area contributed by atoms with Gasteiger partial charge < -0.3 is 10.2 Å². The standard InChI is InChI=1S/C29H34ClN3O4S/c1-4-16-31-29(35)27(18-23-11-6-5-7-12-23)32(20-24-13-8-10-22(2)17-24)28(34)21-33(38(3,36)37)26-15-9-14-25(30)19-26/h5-15,17,19,27H,4,16,18,20-21H2,1-3H3,(H,31,35). The number of nitrogens with one attached hydrogen (secondary N) is 1. The lowest BCUT2D eigenvalue weighted by atomic mass is 10.0. The van der Waals surface area contributed by atoms with Crippen molar-refractivity contribution in [3.63, 3.8) is 0 Å². The van der Waals surface area contributed by atoms with Gasteiger partial charge in [0.1, 0.15) is 12.6 Å². The zero-order chi connectivity index (χ0) is 27.7. The molecule has 1 N–H and O–H groups in total. The molecule has 0 aliphatic heterocycles. The number of nitrogens with zero attached hydrogens (tertiary/aromatic N) is 2. The molecular weight excluding hydrogens is 522 g/mol. The number of amides is 2. The number of aryl methyl sites for hydroxylation is 1. The van der Waals surface area contributed by atoms with Gasteiger partial charge in [-0.05, 0) is 42.7 Å². The van der Waals surface area contributed by atoms with Crippen molar-refractivity contribution < 1.29 is 18.0 Å². The van der Waals surface area contributed by atoms with E-state index in [1.54, 1.807) is 18.2 Å². The van der Waals surface area contributed by atoms with Gasteiger partial charge in [0.05, 0.1) is 11.9 Å². The van der Waals surface area contributed by atoms with Crippen molar-refractivity contribution in [3.8, 4) is 0 Å². The molecule has 7 nitrogen and oxygen atoms in total. The van der Waals surface area contributed by atoms with Crippen molar-refractivity contribution in [1.82, 2.24) is 10.2 Å². The molecule has 2 amide bonds. The lowest BCUT2D eigenvalue weighted by Gasteiger charge is -2.33. The van der Waals surface area contributed by atoms with Crippen molar-refractivity contribution in [3.05, 3.63) is 101 Å². The largest absolute Gasteiger partial charge is 0.354 e. The molecule has 3 aromatic carbocycles. The van der Waals surface area contributed by atoms with E-state index >= 15 is 0 Å². The second kappa shape index (κ2) is 13.4. The van der Waals surface area contributed by atoms with Crippen molar-refractivity contribution in [1.29, 1.82) is 0 Å². The topological polar surface area (TPSA) is 86.8 Å². The van der Waals surface area contributed by atoms with Crippen molar-refractivity contribution >= 4 is 39.1 Å². The fourth-order valence-electron chi connectivity index (χ4n) is 4.17. The summed E-state index contributed by atoms with van der Waals surface area (Å²) in [6.07, 6.45) is 2.07. The molecule has 38 heavy (non-hydrogen) atoms. The quantitative estimate of drug-likeness (QED) is 0.354. The Hall–Kier alpha value is -3.36. The average Bonchev–Trinajstić information content (AvgIpc) is 2.87. The molecule has 0 aromatic heterocycles. The van der Waals surface area contributed by atoms with Gasteiger partial charge in [0.15, 0.2) is 0 Å². The number of sulfonamides is 1. The van der Waals surface area contributed by atoms with Gasteiger partial charge in [0.2, 0.25) is 21.8 Å². The fourth-order valence-corrected chi connectivity index (χ4v) is 5.20. The molecule has 202 valence electrons. The van der Waals surface area contributed by atoms with Gasteiger partial charge in [-0.1, -0.05) is 84.8 Å². The monoisotopic (exact) mass is 555 g/mol. The van der Waals surface area contributed by atoms with E-state index in [1.165, 1.54) is 11.0 Å². The molecule has 0 heterocycles. The zero-order valence-corrected chi connectivity index (χ0v) is 23.5. The molecule has 0 saturated carbocycles. The second-order valence-electron chi connectivity index (χ2n) is 9.26. The van der Waals surface area contributed by atoms with Gasteiger partial charge >= 0.3 is 0 Å². The lowest BCUT2D eigenvalue weighted by molar-refractivity contribution is -0.140. The molecule has 0 aliphatic carbocycles. The van der Waals surface area contributed by atoms with E-state index in [9.17, 15) is 18.0 Å². The number of hydrogen-bond donors (Lipinski definition) is 1. The molecular formula is C29H34ClN3O4S. The summed E-state index contributed by atoms with van der Waals surface area (Å²) >= 11 is 6.12. The number of anilines is 1. The normalized spacial score (nSPS) is 12.0. The van der Waals surface area contributed by atoms with Crippen LogP contribution in [0.4, 0.5) is 5.69 Å². The zero-order valence-electron chi connectivity index (χ0n) is 21.9. The third-order valence-electron chi connectivity index (χ3n) is 6.03. The minimum absolute atomic E-state index is 0.144. The van der Waals surface area contributed by atoms with Crippen LogP contribution in [-0.2, 0) is 32.6 Å². The molecule has 1 unspecified atom stereocenters. The minimum atomic E-state index is -3.84. The maximum Gasteiger partial charge on any atom is 0.244 e. The second-order valence-corrected chi connectivity index (χ2v) is 11.6. The number of carbonyl (C=O) groups excluding carboxylic acids is 2. The maximum atomic E-state index is 14.0. The third kappa shape index (κ3) is 8.33. The minimum Gasteiger partial charge on any atom is -0.354 e. The highest BCUT2D eigenvalue weighted by Crippen LogP contribution is 2.23. The van der Waals surface area contributed by atoms with Crippen LogP contribution in [0.5, 0.6) is 0 Å². The van der Waals surface area contributed by atoms with Crippen molar-refractivity contribution in [2.45, 2.75) is 39.3 Å². The van der Waals surface area contributed by atoms with Crippen LogP contribution in [0.15, 0.2) is 78.9 Å². The van der Waals surface area contributed by atoms with E-state index < -0.39 is 28.5 Å². The van der Waals surface area contributed by atoms with E-state index in [0.717, 1.165) is 33.7 Å². The maximum absolute atomic E-state index is 14.0. The molecule has 1 atom stereocenters. The Morgan fingerprint density at radius 1 is 0.947 bits per heavy atom. The molecule has 0 fully saturated rings. The summed E-state index contributed by atoms with van der Waals surface area (Å²) in [6, 6.07) is 22.6. The molecule has 3 aromatic rings. The predicted molar refractivity (Wildman–Crippen MR) is 153 cm³/mol. The van der Waals surface area contributed by atoms with Crippen LogP contribution in [-0.4, -0.2) is 50.5 Å². The number of hydrogen-bond acceptors (Lipinski definition) is 4. The molecule has 0 radical (unpaired) electrons. The van der Waals surface area contributed by atoms with Crippen LogP contribution in [0.25, 0.3) is 0 Å². The summed E-state index contributed by atoms with van der Waals surface area (Å²) in [5.41, 5.74) is 3.02. The highest BCUT2D eigenvalue weighted by atomic mass is 35.5.